The van der Waals surface area contributed by atoms with Gasteiger partial charge in [-0.15, -0.1) is 0 Å². The van der Waals surface area contributed by atoms with Crippen molar-refractivity contribution in [2.45, 2.75) is 32.6 Å². The van der Waals surface area contributed by atoms with Gasteiger partial charge in [-0.3, -0.25) is 0 Å². The third-order valence-corrected chi connectivity index (χ3v) is 4.15. The Kier molecular flexibility index (Phi) is 9.21. The number of benzene rings is 1. The molecule has 0 fully saturated rings. The molecule has 1 aromatic rings. The standard InChI is InChI=1S/C24H28F2O/c1-7-8-21-13-15-22(16-14-21)12-10-17(2)9-11-18(3)19(4)23(25)24(26)20(5)27-6/h9,11,13-16H,2-5,7-8,10,12H2,1,6H3/b11-9-,24-23-. The second kappa shape index (κ2) is 11.1. The second-order valence-electron chi connectivity index (χ2n) is 6.32. The lowest BCUT2D eigenvalue weighted by Crippen LogP contribution is -1.93. The molecule has 3 heteroatoms. The van der Waals surface area contributed by atoms with Crippen molar-refractivity contribution >= 4 is 0 Å². The number of methoxy groups -OCH3 is 1. The maximum atomic E-state index is 14.0. The van der Waals surface area contributed by atoms with Crippen molar-refractivity contribution in [3.63, 3.8) is 0 Å². The predicted octanol–water partition coefficient (Wildman–Crippen LogP) is 7.11. The predicted molar refractivity (Wildman–Crippen MR) is 111 cm³/mol. The van der Waals surface area contributed by atoms with Gasteiger partial charge in [0.2, 0.25) is 5.83 Å². The molecular weight excluding hydrogens is 342 g/mol. The molecule has 144 valence electrons. The lowest BCUT2D eigenvalue weighted by atomic mass is 10.0. The summed E-state index contributed by atoms with van der Waals surface area (Å²) in [5.74, 6) is -2.70. The van der Waals surface area contributed by atoms with E-state index in [9.17, 15) is 8.78 Å². The molecule has 0 spiro atoms. The summed E-state index contributed by atoms with van der Waals surface area (Å²) in [6.07, 6.45) is 7.17. The molecule has 27 heavy (non-hydrogen) atoms. The molecule has 0 N–H and O–H groups in total. The first kappa shape index (κ1) is 22.4. The summed E-state index contributed by atoms with van der Waals surface area (Å²) in [5, 5.41) is 0. The Hall–Kier alpha value is -2.68. The summed E-state index contributed by atoms with van der Waals surface area (Å²) in [6.45, 7) is 16.7. The number of halogens is 2. The van der Waals surface area contributed by atoms with Crippen LogP contribution in [-0.2, 0) is 17.6 Å². The first-order chi connectivity index (χ1) is 12.8. The van der Waals surface area contributed by atoms with E-state index in [0.29, 0.717) is 0 Å². The second-order valence-corrected chi connectivity index (χ2v) is 6.32. The number of allylic oxidation sites excluding steroid dienone is 7. The molecule has 0 aliphatic rings. The fourth-order valence-electron chi connectivity index (χ4n) is 2.35. The van der Waals surface area contributed by atoms with Crippen molar-refractivity contribution in [3.05, 3.63) is 108 Å². The van der Waals surface area contributed by atoms with Crippen LogP contribution in [0.2, 0.25) is 0 Å². The minimum atomic E-state index is -1.18. The van der Waals surface area contributed by atoms with Crippen LogP contribution in [0.4, 0.5) is 8.78 Å². The van der Waals surface area contributed by atoms with Gasteiger partial charge in [-0.05, 0) is 36.0 Å². The van der Waals surface area contributed by atoms with Crippen molar-refractivity contribution in [2.24, 2.45) is 0 Å². The van der Waals surface area contributed by atoms with Crippen LogP contribution in [0.1, 0.15) is 30.9 Å². The average molecular weight is 370 g/mol. The number of hydrogen-bond acceptors (Lipinski definition) is 1. The van der Waals surface area contributed by atoms with Gasteiger partial charge < -0.3 is 4.74 Å². The highest BCUT2D eigenvalue weighted by molar-refractivity contribution is 5.49. The Bertz CT molecular complexity index is 764. The summed E-state index contributed by atoms with van der Waals surface area (Å²) in [5.41, 5.74) is 3.56. The topological polar surface area (TPSA) is 9.23 Å². The van der Waals surface area contributed by atoms with E-state index >= 15 is 0 Å². The van der Waals surface area contributed by atoms with E-state index in [1.54, 1.807) is 12.2 Å². The van der Waals surface area contributed by atoms with E-state index in [1.165, 1.54) is 18.2 Å². The zero-order valence-electron chi connectivity index (χ0n) is 16.3. The third-order valence-electron chi connectivity index (χ3n) is 4.15. The van der Waals surface area contributed by atoms with Crippen molar-refractivity contribution in [3.8, 4) is 0 Å². The summed E-state index contributed by atoms with van der Waals surface area (Å²) >= 11 is 0. The third kappa shape index (κ3) is 7.22. The van der Waals surface area contributed by atoms with Crippen LogP contribution in [0.3, 0.4) is 0 Å². The van der Waals surface area contributed by atoms with Crippen LogP contribution < -0.4 is 0 Å². The highest BCUT2D eigenvalue weighted by Gasteiger charge is 2.14. The Morgan fingerprint density at radius 1 is 0.926 bits per heavy atom. The summed E-state index contributed by atoms with van der Waals surface area (Å²) in [7, 11) is 1.22. The largest absolute Gasteiger partial charge is 0.494 e. The van der Waals surface area contributed by atoms with Gasteiger partial charge in [0.1, 0.15) is 5.76 Å². The van der Waals surface area contributed by atoms with Crippen molar-refractivity contribution in [1.29, 1.82) is 0 Å². The maximum absolute atomic E-state index is 14.0. The highest BCUT2D eigenvalue weighted by atomic mass is 19.2. The number of hydrogen-bond donors (Lipinski definition) is 0. The number of aryl methyl sites for hydroxylation is 2. The van der Waals surface area contributed by atoms with E-state index in [0.717, 1.165) is 31.3 Å². The number of ether oxygens (including phenoxy) is 1. The molecule has 0 aromatic heterocycles. The summed E-state index contributed by atoms with van der Waals surface area (Å²) < 4.78 is 32.3. The highest BCUT2D eigenvalue weighted by Crippen LogP contribution is 2.26. The van der Waals surface area contributed by atoms with Gasteiger partial charge in [0.25, 0.3) is 0 Å². The molecule has 0 saturated carbocycles. The molecule has 1 nitrogen and oxygen atoms in total. The first-order valence-corrected chi connectivity index (χ1v) is 8.90. The van der Waals surface area contributed by atoms with Crippen molar-refractivity contribution in [1.82, 2.24) is 0 Å². The quantitative estimate of drug-likeness (QED) is 0.298. The first-order valence-electron chi connectivity index (χ1n) is 8.90. The van der Waals surface area contributed by atoms with E-state index in [4.69, 9.17) is 0 Å². The van der Waals surface area contributed by atoms with E-state index in [-0.39, 0.29) is 16.9 Å². The number of rotatable bonds is 11. The van der Waals surface area contributed by atoms with Gasteiger partial charge in [-0.25, -0.2) is 4.39 Å². The summed E-state index contributed by atoms with van der Waals surface area (Å²) in [6, 6.07) is 8.57. The van der Waals surface area contributed by atoms with Crippen LogP contribution in [0, 0.1) is 0 Å². The van der Waals surface area contributed by atoms with Crippen LogP contribution in [-0.4, -0.2) is 7.11 Å². The molecule has 0 aliphatic carbocycles. The monoisotopic (exact) mass is 370 g/mol. The molecule has 0 aliphatic heterocycles. The average Bonchev–Trinajstić information content (AvgIpc) is 2.69. The lowest BCUT2D eigenvalue weighted by molar-refractivity contribution is 0.281. The van der Waals surface area contributed by atoms with Crippen LogP contribution in [0.15, 0.2) is 96.9 Å². The van der Waals surface area contributed by atoms with E-state index < -0.39 is 11.7 Å². The van der Waals surface area contributed by atoms with Crippen LogP contribution >= 0.6 is 0 Å². The Labute approximate surface area is 161 Å². The molecule has 0 atom stereocenters. The van der Waals surface area contributed by atoms with Gasteiger partial charge in [-0.2, -0.15) is 4.39 Å². The lowest BCUT2D eigenvalue weighted by Gasteiger charge is -2.07. The van der Waals surface area contributed by atoms with Gasteiger partial charge in [0.15, 0.2) is 5.83 Å². The van der Waals surface area contributed by atoms with Crippen molar-refractivity contribution < 1.29 is 13.5 Å². The normalized spacial score (nSPS) is 11.9. The molecule has 0 heterocycles. The van der Waals surface area contributed by atoms with E-state index in [2.05, 4.69) is 62.2 Å². The van der Waals surface area contributed by atoms with Crippen molar-refractivity contribution in [2.75, 3.05) is 7.11 Å². The molecular formula is C24H28F2O. The summed E-state index contributed by atoms with van der Waals surface area (Å²) in [4.78, 5) is 0. The van der Waals surface area contributed by atoms with Gasteiger partial charge >= 0.3 is 0 Å². The Morgan fingerprint density at radius 2 is 1.48 bits per heavy atom. The van der Waals surface area contributed by atoms with Gasteiger partial charge in [0.05, 0.1) is 7.11 Å². The molecule has 0 unspecified atom stereocenters. The SMILES string of the molecule is C=C(/C=C\C(=C)C(=C)/C(F)=C(/F)C(=C)OC)CCc1ccc(CCC)cc1. The molecule has 1 aromatic carbocycles. The maximum Gasteiger partial charge on any atom is 0.200 e. The van der Waals surface area contributed by atoms with E-state index in [1.807, 2.05) is 0 Å². The zero-order chi connectivity index (χ0) is 20.4. The van der Waals surface area contributed by atoms with Gasteiger partial charge in [0, 0.05) is 5.57 Å². The Morgan fingerprint density at radius 3 is 2.00 bits per heavy atom. The van der Waals surface area contributed by atoms with Crippen LogP contribution in [0.5, 0.6) is 0 Å². The molecule has 1 rings (SSSR count). The van der Waals surface area contributed by atoms with Crippen LogP contribution in [0.25, 0.3) is 0 Å². The molecule has 0 amide bonds. The Balaban J connectivity index is 2.60. The van der Waals surface area contributed by atoms with Gasteiger partial charge in [-0.1, -0.05) is 81.7 Å². The fourth-order valence-corrected chi connectivity index (χ4v) is 2.35. The zero-order valence-corrected chi connectivity index (χ0v) is 16.3. The molecule has 0 radical (unpaired) electrons. The minimum Gasteiger partial charge on any atom is -0.494 e. The smallest absolute Gasteiger partial charge is 0.200 e. The molecule has 0 bridgehead atoms. The molecule has 0 saturated heterocycles. The minimum absolute atomic E-state index is 0.152. The fraction of sp³-hybridized carbons (Fsp3) is 0.250.